The van der Waals surface area contributed by atoms with Gasteiger partial charge in [-0.3, -0.25) is 4.90 Å². The van der Waals surface area contributed by atoms with Gasteiger partial charge in [0.2, 0.25) is 11.7 Å². The quantitative estimate of drug-likeness (QED) is 0.329. The van der Waals surface area contributed by atoms with Gasteiger partial charge in [0, 0.05) is 17.5 Å². The lowest BCUT2D eigenvalue weighted by molar-refractivity contribution is -0.274. The van der Waals surface area contributed by atoms with Crippen LogP contribution in [0.1, 0.15) is 29.9 Å². The Hall–Kier alpha value is -3.65. The van der Waals surface area contributed by atoms with E-state index in [1.807, 2.05) is 12.1 Å². The molecule has 0 radical (unpaired) electrons. The van der Waals surface area contributed by atoms with E-state index in [2.05, 4.69) is 68.3 Å². The Labute approximate surface area is 201 Å². The van der Waals surface area contributed by atoms with Gasteiger partial charge in [0.25, 0.3) is 0 Å². The lowest BCUT2D eigenvalue weighted by Gasteiger charge is -2.43. The standard InChI is InChI=1S/C27H24F3N3O2/c28-27(29,30)34-23-14-12-20(13-15-23)25-31-24(35-32-25)18-33-17-7-16-26(19-33,21-8-3-1-4-9-21)22-10-5-2-6-11-22/h1-6,8-15H,7,16-19H2. The largest absolute Gasteiger partial charge is 0.573 e. The Morgan fingerprint density at radius 3 is 2.11 bits per heavy atom. The van der Waals surface area contributed by atoms with Crippen LogP contribution in [0.4, 0.5) is 13.2 Å². The first-order chi connectivity index (χ1) is 16.9. The number of aromatic nitrogens is 2. The molecular formula is C27H24F3N3O2. The Morgan fingerprint density at radius 2 is 1.51 bits per heavy atom. The molecule has 0 N–H and O–H groups in total. The van der Waals surface area contributed by atoms with Crippen molar-refractivity contribution in [3.8, 4) is 17.1 Å². The maximum Gasteiger partial charge on any atom is 0.573 e. The summed E-state index contributed by atoms with van der Waals surface area (Å²) in [5.74, 6) is 0.497. The molecule has 0 spiro atoms. The van der Waals surface area contributed by atoms with E-state index in [9.17, 15) is 13.2 Å². The van der Waals surface area contributed by atoms with Crippen LogP contribution >= 0.6 is 0 Å². The minimum Gasteiger partial charge on any atom is -0.406 e. The predicted octanol–water partition coefficient (Wildman–Crippen LogP) is 6.22. The summed E-state index contributed by atoms with van der Waals surface area (Å²) in [6.07, 6.45) is -2.67. The van der Waals surface area contributed by atoms with E-state index in [-0.39, 0.29) is 11.2 Å². The zero-order valence-corrected chi connectivity index (χ0v) is 18.9. The van der Waals surface area contributed by atoms with Crippen LogP contribution in [0, 0.1) is 0 Å². The molecule has 1 saturated heterocycles. The molecule has 180 valence electrons. The molecule has 4 aromatic rings. The smallest absolute Gasteiger partial charge is 0.406 e. The summed E-state index contributed by atoms with van der Waals surface area (Å²) in [6, 6.07) is 26.6. The summed E-state index contributed by atoms with van der Waals surface area (Å²) in [4.78, 5) is 6.81. The molecule has 5 rings (SSSR count). The maximum atomic E-state index is 12.4. The first-order valence-electron chi connectivity index (χ1n) is 11.4. The number of halogens is 3. The van der Waals surface area contributed by atoms with Gasteiger partial charge in [-0.1, -0.05) is 65.8 Å². The minimum absolute atomic E-state index is 0.141. The number of hydrogen-bond donors (Lipinski definition) is 0. The minimum atomic E-state index is -4.73. The fraction of sp³-hybridized carbons (Fsp3) is 0.259. The van der Waals surface area contributed by atoms with Crippen molar-refractivity contribution >= 4 is 0 Å². The normalized spacial score (nSPS) is 16.2. The molecule has 8 heteroatoms. The molecule has 0 aliphatic carbocycles. The third-order valence-electron chi connectivity index (χ3n) is 6.40. The molecule has 5 nitrogen and oxygen atoms in total. The summed E-state index contributed by atoms with van der Waals surface area (Å²) in [7, 11) is 0. The number of rotatable bonds is 6. The third kappa shape index (κ3) is 5.22. The molecule has 0 saturated carbocycles. The fourth-order valence-corrected chi connectivity index (χ4v) is 4.86. The summed E-state index contributed by atoms with van der Waals surface area (Å²) in [6.45, 7) is 2.20. The van der Waals surface area contributed by atoms with Crippen molar-refractivity contribution in [2.45, 2.75) is 31.2 Å². The van der Waals surface area contributed by atoms with E-state index in [1.165, 1.54) is 35.4 Å². The average molecular weight is 480 g/mol. The first kappa shape index (κ1) is 23.1. The zero-order chi connectivity index (χ0) is 24.3. The third-order valence-corrected chi connectivity index (χ3v) is 6.40. The summed E-state index contributed by atoms with van der Waals surface area (Å²) >= 11 is 0. The fourth-order valence-electron chi connectivity index (χ4n) is 4.86. The van der Waals surface area contributed by atoms with Gasteiger partial charge < -0.3 is 9.26 Å². The van der Waals surface area contributed by atoms with Crippen LogP contribution in [0.5, 0.6) is 5.75 Å². The SMILES string of the molecule is FC(F)(F)Oc1ccc(-c2noc(CN3CCCC(c4ccccc4)(c4ccccc4)C3)n2)cc1. The average Bonchev–Trinajstić information content (AvgIpc) is 3.33. The van der Waals surface area contributed by atoms with E-state index in [1.54, 1.807) is 0 Å². The zero-order valence-electron chi connectivity index (χ0n) is 18.9. The highest BCUT2D eigenvalue weighted by Crippen LogP contribution is 2.40. The number of benzene rings is 3. The molecule has 0 atom stereocenters. The van der Waals surface area contributed by atoms with E-state index < -0.39 is 6.36 Å². The molecule has 35 heavy (non-hydrogen) atoms. The molecule has 1 fully saturated rings. The summed E-state index contributed by atoms with van der Waals surface area (Å²) < 4.78 is 46.6. The predicted molar refractivity (Wildman–Crippen MR) is 125 cm³/mol. The number of piperidine rings is 1. The van der Waals surface area contributed by atoms with Crippen molar-refractivity contribution in [1.82, 2.24) is 15.0 Å². The highest BCUT2D eigenvalue weighted by atomic mass is 19.4. The Bertz CT molecular complexity index is 1200. The monoisotopic (exact) mass is 479 g/mol. The Morgan fingerprint density at radius 1 is 0.886 bits per heavy atom. The van der Waals surface area contributed by atoms with E-state index in [4.69, 9.17) is 4.52 Å². The molecule has 1 aliphatic heterocycles. The lowest BCUT2D eigenvalue weighted by Crippen LogP contribution is -2.46. The number of hydrogen-bond acceptors (Lipinski definition) is 5. The van der Waals surface area contributed by atoms with Gasteiger partial charge in [-0.25, -0.2) is 0 Å². The van der Waals surface area contributed by atoms with Crippen LogP contribution in [-0.4, -0.2) is 34.5 Å². The van der Waals surface area contributed by atoms with Gasteiger partial charge in [0.15, 0.2) is 0 Å². The highest BCUT2D eigenvalue weighted by molar-refractivity contribution is 5.55. The highest BCUT2D eigenvalue weighted by Gasteiger charge is 2.39. The molecule has 0 amide bonds. The second-order valence-electron chi connectivity index (χ2n) is 8.71. The van der Waals surface area contributed by atoms with Crippen molar-refractivity contribution in [3.63, 3.8) is 0 Å². The van der Waals surface area contributed by atoms with Gasteiger partial charge in [0.1, 0.15) is 5.75 Å². The summed E-state index contributed by atoms with van der Waals surface area (Å²) in [5.41, 5.74) is 2.97. The van der Waals surface area contributed by atoms with Gasteiger partial charge >= 0.3 is 6.36 Å². The van der Waals surface area contributed by atoms with Crippen LogP contribution in [0.3, 0.4) is 0 Å². The van der Waals surface area contributed by atoms with E-state index in [0.29, 0.717) is 23.8 Å². The van der Waals surface area contributed by atoms with Crippen LogP contribution < -0.4 is 4.74 Å². The Kier molecular flexibility index (Phi) is 6.30. The number of likely N-dealkylation sites (tertiary alicyclic amines) is 1. The van der Waals surface area contributed by atoms with Crippen molar-refractivity contribution in [1.29, 1.82) is 0 Å². The van der Waals surface area contributed by atoms with Gasteiger partial charge in [-0.15, -0.1) is 13.2 Å². The number of ether oxygens (including phenoxy) is 1. The molecule has 1 aliphatic rings. The second kappa shape index (κ2) is 9.54. The first-order valence-corrected chi connectivity index (χ1v) is 11.4. The van der Waals surface area contributed by atoms with Crippen LogP contribution in [0.15, 0.2) is 89.5 Å². The van der Waals surface area contributed by atoms with Crippen LogP contribution in [0.25, 0.3) is 11.4 Å². The lowest BCUT2D eigenvalue weighted by atomic mass is 9.69. The molecule has 0 bridgehead atoms. The number of alkyl halides is 3. The van der Waals surface area contributed by atoms with Crippen LogP contribution in [-0.2, 0) is 12.0 Å². The number of nitrogens with zero attached hydrogens (tertiary/aromatic N) is 3. The molecular weight excluding hydrogens is 455 g/mol. The van der Waals surface area contributed by atoms with Gasteiger partial charge in [-0.2, -0.15) is 4.98 Å². The molecule has 1 aromatic heterocycles. The van der Waals surface area contributed by atoms with Crippen molar-refractivity contribution in [3.05, 3.63) is 102 Å². The van der Waals surface area contributed by atoms with Crippen LogP contribution in [0.2, 0.25) is 0 Å². The van der Waals surface area contributed by atoms with Crippen molar-refractivity contribution in [2.75, 3.05) is 13.1 Å². The summed E-state index contributed by atoms with van der Waals surface area (Å²) in [5, 5.41) is 4.03. The molecule has 0 unspecified atom stereocenters. The van der Waals surface area contributed by atoms with Gasteiger partial charge in [0.05, 0.1) is 6.54 Å². The van der Waals surface area contributed by atoms with Crippen molar-refractivity contribution in [2.24, 2.45) is 0 Å². The molecule has 3 aromatic carbocycles. The maximum absolute atomic E-state index is 12.4. The van der Waals surface area contributed by atoms with E-state index in [0.717, 1.165) is 25.9 Å². The Balaban J connectivity index is 1.34. The second-order valence-corrected chi connectivity index (χ2v) is 8.71. The van der Waals surface area contributed by atoms with Gasteiger partial charge in [-0.05, 0) is 54.8 Å². The van der Waals surface area contributed by atoms with Crippen molar-refractivity contribution < 1.29 is 22.4 Å². The van der Waals surface area contributed by atoms with E-state index >= 15 is 0 Å². The molecule has 2 heterocycles. The topological polar surface area (TPSA) is 51.4 Å².